The third-order valence-electron chi connectivity index (χ3n) is 5.96. The van der Waals surface area contributed by atoms with Crippen LogP contribution in [-0.2, 0) is 17.6 Å². The lowest BCUT2D eigenvalue weighted by Gasteiger charge is -2.17. The molecular formula is C25H30N2O2S. The van der Waals surface area contributed by atoms with E-state index in [1.54, 1.807) is 11.3 Å². The lowest BCUT2D eigenvalue weighted by molar-refractivity contribution is -0.138. The molecule has 1 atom stereocenters. The third kappa shape index (κ3) is 5.20. The molecule has 3 heterocycles. The van der Waals surface area contributed by atoms with Crippen LogP contribution in [0.2, 0.25) is 0 Å². The molecule has 0 amide bonds. The van der Waals surface area contributed by atoms with Crippen molar-refractivity contribution in [2.24, 2.45) is 0 Å². The number of benzene rings is 1. The molecule has 158 valence electrons. The van der Waals surface area contributed by atoms with E-state index in [0.29, 0.717) is 0 Å². The summed E-state index contributed by atoms with van der Waals surface area (Å²) in [7, 11) is 0. The summed E-state index contributed by atoms with van der Waals surface area (Å²) < 4.78 is 1.17. The van der Waals surface area contributed by atoms with Crippen LogP contribution in [0.5, 0.6) is 0 Å². The van der Waals surface area contributed by atoms with E-state index in [1.807, 2.05) is 12.1 Å². The molecule has 2 N–H and O–H groups in total. The number of carboxylic acid groups (broad SMARTS) is 1. The zero-order valence-corrected chi connectivity index (χ0v) is 18.2. The van der Waals surface area contributed by atoms with Crippen molar-refractivity contribution >= 4 is 33.2 Å². The van der Waals surface area contributed by atoms with E-state index in [0.717, 1.165) is 67.6 Å². The molecule has 30 heavy (non-hydrogen) atoms. The molecule has 0 aliphatic carbocycles. The number of fused-ring (bicyclic) bond motifs is 2. The first-order valence-corrected chi connectivity index (χ1v) is 12.0. The van der Waals surface area contributed by atoms with Crippen LogP contribution in [-0.4, -0.2) is 22.6 Å². The molecule has 0 bridgehead atoms. The van der Waals surface area contributed by atoms with E-state index in [-0.39, 0.29) is 5.92 Å². The van der Waals surface area contributed by atoms with Gasteiger partial charge in [-0.25, -0.2) is 4.98 Å². The molecule has 0 unspecified atom stereocenters. The Labute approximate surface area is 182 Å². The summed E-state index contributed by atoms with van der Waals surface area (Å²) in [5.74, 6) is 0.00273. The van der Waals surface area contributed by atoms with E-state index in [2.05, 4.69) is 35.6 Å². The summed E-state index contributed by atoms with van der Waals surface area (Å²) in [5.41, 5.74) is 2.52. The third-order valence-corrected chi connectivity index (χ3v) is 7.19. The largest absolute Gasteiger partial charge is 0.481 e. The predicted octanol–water partition coefficient (Wildman–Crippen LogP) is 6.41. The number of pyridine rings is 1. The van der Waals surface area contributed by atoms with Gasteiger partial charge in [-0.1, -0.05) is 49.9 Å². The smallest absolute Gasteiger partial charge is 0.311 e. The number of carboxylic acids is 1. The molecule has 0 saturated heterocycles. The summed E-state index contributed by atoms with van der Waals surface area (Å²) in [5, 5.41) is 14.2. The Morgan fingerprint density at radius 1 is 1.10 bits per heavy atom. The van der Waals surface area contributed by atoms with Gasteiger partial charge in [0.1, 0.15) is 5.82 Å². The van der Waals surface area contributed by atoms with E-state index in [1.165, 1.54) is 28.8 Å². The van der Waals surface area contributed by atoms with Crippen molar-refractivity contribution in [2.75, 3.05) is 11.9 Å². The molecule has 0 saturated carbocycles. The molecule has 3 aromatic rings. The van der Waals surface area contributed by atoms with Crippen LogP contribution in [0.25, 0.3) is 10.1 Å². The topological polar surface area (TPSA) is 62.2 Å². The predicted molar refractivity (Wildman–Crippen MR) is 125 cm³/mol. The number of aliphatic carboxylic acids is 1. The SMILES string of the molecule is O=C(O)[C@H](CCCCCCCc1ccc2c(n1)NCCC2)c1cc2ccccc2s1. The lowest BCUT2D eigenvalue weighted by atomic mass is 9.98. The van der Waals surface area contributed by atoms with Crippen LogP contribution in [0.1, 0.15) is 67.0 Å². The van der Waals surface area contributed by atoms with Gasteiger partial charge in [-0.3, -0.25) is 4.79 Å². The lowest BCUT2D eigenvalue weighted by Crippen LogP contribution is -2.13. The van der Waals surface area contributed by atoms with E-state index in [4.69, 9.17) is 4.98 Å². The summed E-state index contributed by atoms with van der Waals surface area (Å²) in [4.78, 5) is 17.5. The van der Waals surface area contributed by atoms with Gasteiger partial charge in [0, 0.05) is 21.8 Å². The van der Waals surface area contributed by atoms with Gasteiger partial charge in [-0.05, 0) is 61.3 Å². The molecule has 5 heteroatoms. The number of carbonyl (C=O) groups is 1. The zero-order chi connectivity index (χ0) is 20.8. The van der Waals surface area contributed by atoms with E-state index < -0.39 is 5.97 Å². The monoisotopic (exact) mass is 422 g/mol. The molecule has 0 radical (unpaired) electrons. The number of hydrogen-bond acceptors (Lipinski definition) is 4. The Bertz CT molecular complexity index is 965. The maximum atomic E-state index is 11.8. The minimum Gasteiger partial charge on any atom is -0.481 e. The number of thiophene rings is 1. The van der Waals surface area contributed by atoms with Crippen molar-refractivity contribution in [2.45, 2.75) is 63.7 Å². The van der Waals surface area contributed by atoms with Gasteiger partial charge >= 0.3 is 5.97 Å². The average molecular weight is 423 g/mol. The fourth-order valence-corrected chi connectivity index (χ4v) is 5.45. The van der Waals surface area contributed by atoms with Gasteiger partial charge in [0.05, 0.1) is 5.92 Å². The van der Waals surface area contributed by atoms with Gasteiger partial charge < -0.3 is 10.4 Å². The van der Waals surface area contributed by atoms with E-state index >= 15 is 0 Å². The van der Waals surface area contributed by atoms with Crippen LogP contribution in [0.15, 0.2) is 42.5 Å². The Morgan fingerprint density at radius 2 is 1.93 bits per heavy atom. The molecule has 4 rings (SSSR count). The zero-order valence-electron chi connectivity index (χ0n) is 17.4. The molecule has 1 aromatic carbocycles. The van der Waals surface area contributed by atoms with Crippen LogP contribution < -0.4 is 5.32 Å². The van der Waals surface area contributed by atoms with Crippen molar-refractivity contribution < 1.29 is 9.90 Å². The number of nitrogens with zero attached hydrogens (tertiary/aromatic N) is 1. The number of aryl methyl sites for hydroxylation is 2. The Balaban J connectivity index is 1.18. The second-order valence-corrected chi connectivity index (χ2v) is 9.34. The van der Waals surface area contributed by atoms with Crippen LogP contribution in [0.3, 0.4) is 0 Å². The molecular weight excluding hydrogens is 392 g/mol. The van der Waals surface area contributed by atoms with Crippen LogP contribution in [0, 0.1) is 0 Å². The van der Waals surface area contributed by atoms with Crippen molar-refractivity contribution in [3.8, 4) is 0 Å². The summed E-state index contributed by atoms with van der Waals surface area (Å²) in [6, 6.07) is 14.6. The number of unbranched alkanes of at least 4 members (excludes halogenated alkanes) is 4. The molecule has 2 aromatic heterocycles. The summed E-state index contributed by atoms with van der Waals surface area (Å²) in [6.45, 7) is 1.03. The first-order chi connectivity index (χ1) is 14.7. The van der Waals surface area contributed by atoms with Crippen molar-refractivity contribution in [1.29, 1.82) is 0 Å². The fraction of sp³-hybridized carbons (Fsp3) is 0.440. The Hall–Kier alpha value is -2.40. The Morgan fingerprint density at radius 3 is 2.80 bits per heavy atom. The minimum absolute atomic E-state index is 0.380. The standard InChI is InChI=1S/C25H30N2O2S/c28-25(29)21(23-17-19-9-6-7-13-22(19)30-23)12-5-3-1-2-4-11-20-15-14-18-10-8-16-26-24(18)27-20/h6-7,9,13-15,17,21H,1-5,8,10-12,16H2,(H,26,27)(H,28,29)/t21-/m1/s1. The first-order valence-electron chi connectivity index (χ1n) is 11.1. The normalized spacial score (nSPS) is 14.3. The highest BCUT2D eigenvalue weighted by Crippen LogP contribution is 2.33. The maximum Gasteiger partial charge on any atom is 0.311 e. The molecule has 4 nitrogen and oxygen atoms in total. The number of aromatic nitrogens is 1. The first kappa shape index (κ1) is 20.9. The van der Waals surface area contributed by atoms with Gasteiger partial charge in [0.2, 0.25) is 0 Å². The second kappa shape index (κ2) is 10.1. The fourth-order valence-electron chi connectivity index (χ4n) is 4.25. The van der Waals surface area contributed by atoms with Gasteiger partial charge in [0.25, 0.3) is 0 Å². The summed E-state index contributed by atoms with van der Waals surface area (Å²) in [6.07, 6.45) is 9.60. The molecule has 1 aliphatic heterocycles. The van der Waals surface area contributed by atoms with Crippen molar-refractivity contribution in [3.05, 3.63) is 58.6 Å². The van der Waals surface area contributed by atoms with Crippen LogP contribution >= 0.6 is 11.3 Å². The maximum absolute atomic E-state index is 11.8. The number of nitrogens with one attached hydrogen (secondary N) is 1. The highest BCUT2D eigenvalue weighted by Gasteiger charge is 2.21. The van der Waals surface area contributed by atoms with Gasteiger partial charge in [-0.2, -0.15) is 0 Å². The Kier molecular flexibility index (Phi) is 7.00. The quantitative estimate of drug-likeness (QED) is 0.371. The van der Waals surface area contributed by atoms with E-state index in [9.17, 15) is 9.90 Å². The van der Waals surface area contributed by atoms with Crippen molar-refractivity contribution in [1.82, 2.24) is 4.98 Å². The highest BCUT2D eigenvalue weighted by molar-refractivity contribution is 7.19. The highest BCUT2D eigenvalue weighted by atomic mass is 32.1. The second-order valence-electron chi connectivity index (χ2n) is 8.22. The van der Waals surface area contributed by atoms with Crippen molar-refractivity contribution in [3.63, 3.8) is 0 Å². The average Bonchev–Trinajstić information content (AvgIpc) is 3.19. The molecule has 0 fully saturated rings. The number of anilines is 1. The van der Waals surface area contributed by atoms with Gasteiger partial charge in [0.15, 0.2) is 0 Å². The molecule has 1 aliphatic rings. The minimum atomic E-state index is -0.700. The van der Waals surface area contributed by atoms with Gasteiger partial charge in [-0.15, -0.1) is 11.3 Å². The number of rotatable bonds is 10. The van der Waals surface area contributed by atoms with Crippen LogP contribution in [0.4, 0.5) is 5.82 Å². The molecule has 0 spiro atoms. The number of hydrogen-bond donors (Lipinski definition) is 2. The summed E-state index contributed by atoms with van der Waals surface area (Å²) >= 11 is 1.62.